The van der Waals surface area contributed by atoms with Crippen LogP contribution in [0.3, 0.4) is 0 Å². The van der Waals surface area contributed by atoms with E-state index in [2.05, 4.69) is 12.2 Å². The molecule has 0 heterocycles. The Bertz CT molecular complexity index is 368. The van der Waals surface area contributed by atoms with Gasteiger partial charge in [-0.25, -0.2) is 8.78 Å². The maximum Gasteiger partial charge on any atom is 0.141 e. The average Bonchev–Trinajstić information content (AvgIpc) is 2.08. The van der Waals surface area contributed by atoms with Crippen LogP contribution in [0.5, 0.6) is 0 Å². The minimum Gasteiger partial charge on any atom is -0.206 e. The zero-order chi connectivity index (χ0) is 9.14. The molecule has 0 radical (unpaired) electrons. The number of hydrogen-bond acceptors (Lipinski definition) is 2. The van der Waals surface area contributed by atoms with Crippen LogP contribution in [0.25, 0.3) is 0 Å². The molecule has 0 bridgehead atoms. The highest BCUT2D eigenvalue weighted by Crippen LogP contribution is 2.12. The molecule has 0 aromatic heterocycles. The molecule has 0 aliphatic heterocycles. The van der Waals surface area contributed by atoms with E-state index in [1.807, 2.05) is 0 Å². The predicted molar refractivity (Wildman–Crippen MR) is 43.8 cm³/mol. The SMILES string of the molecule is N#Cc1cc(F)c(C=S)cc1F. The first-order valence-corrected chi connectivity index (χ1v) is 3.50. The molecule has 1 aromatic carbocycles. The smallest absolute Gasteiger partial charge is 0.141 e. The lowest BCUT2D eigenvalue weighted by molar-refractivity contribution is 0.595. The average molecular weight is 183 g/mol. The van der Waals surface area contributed by atoms with Gasteiger partial charge in [0.1, 0.15) is 17.7 Å². The normalized spacial score (nSPS) is 9.08. The van der Waals surface area contributed by atoms with E-state index >= 15 is 0 Å². The van der Waals surface area contributed by atoms with Crippen molar-refractivity contribution in [2.24, 2.45) is 0 Å². The van der Waals surface area contributed by atoms with Gasteiger partial charge in [0, 0.05) is 10.9 Å². The summed E-state index contributed by atoms with van der Waals surface area (Å²) in [6.45, 7) is 0. The van der Waals surface area contributed by atoms with E-state index in [1.54, 1.807) is 0 Å². The van der Waals surface area contributed by atoms with Gasteiger partial charge in [0.15, 0.2) is 0 Å². The number of thiocarbonyl (C=S) groups is 1. The van der Waals surface area contributed by atoms with E-state index in [1.165, 1.54) is 6.07 Å². The van der Waals surface area contributed by atoms with Crippen molar-refractivity contribution >= 4 is 17.6 Å². The van der Waals surface area contributed by atoms with E-state index in [0.29, 0.717) is 0 Å². The fraction of sp³-hybridized carbons (Fsp3) is 0. The standard InChI is InChI=1S/C8H3F2NS/c9-7-2-6(4-12)8(10)1-5(7)3-11/h1-2,4H. The molecule has 0 atom stereocenters. The van der Waals surface area contributed by atoms with Crippen LogP contribution in [0.2, 0.25) is 0 Å². The number of nitrogens with zero attached hydrogens (tertiary/aromatic N) is 1. The number of halogens is 2. The van der Waals surface area contributed by atoms with Gasteiger partial charge >= 0.3 is 0 Å². The summed E-state index contributed by atoms with van der Waals surface area (Å²) in [5, 5.41) is 9.34. The Labute approximate surface area is 73.2 Å². The molecule has 1 rings (SSSR count). The van der Waals surface area contributed by atoms with Crippen molar-refractivity contribution in [3.05, 3.63) is 34.9 Å². The summed E-state index contributed by atoms with van der Waals surface area (Å²) in [5.74, 6) is -1.43. The first-order valence-electron chi connectivity index (χ1n) is 3.03. The lowest BCUT2D eigenvalue weighted by atomic mass is 10.1. The van der Waals surface area contributed by atoms with Crippen LogP contribution in [-0.2, 0) is 0 Å². The van der Waals surface area contributed by atoms with Crippen LogP contribution in [0.1, 0.15) is 11.1 Å². The van der Waals surface area contributed by atoms with Gasteiger partial charge in [0.25, 0.3) is 0 Å². The Kier molecular flexibility index (Phi) is 2.46. The van der Waals surface area contributed by atoms with Crippen LogP contribution >= 0.6 is 12.2 Å². The quantitative estimate of drug-likeness (QED) is 0.623. The summed E-state index contributed by atoms with van der Waals surface area (Å²) >= 11 is 4.43. The molecule has 0 N–H and O–H groups in total. The van der Waals surface area contributed by atoms with Crippen molar-refractivity contribution in [1.29, 1.82) is 5.26 Å². The molecule has 1 nitrogen and oxygen atoms in total. The van der Waals surface area contributed by atoms with Crippen LogP contribution in [0, 0.1) is 23.0 Å². The highest BCUT2D eigenvalue weighted by molar-refractivity contribution is 7.79. The number of nitriles is 1. The number of benzene rings is 1. The van der Waals surface area contributed by atoms with E-state index in [0.717, 1.165) is 17.5 Å². The van der Waals surface area contributed by atoms with E-state index < -0.39 is 11.6 Å². The van der Waals surface area contributed by atoms with Crippen molar-refractivity contribution in [1.82, 2.24) is 0 Å². The highest BCUT2D eigenvalue weighted by atomic mass is 32.1. The lowest BCUT2D eigenvalue weighted by Gasteiger charge is -1.97. The summed E-state index contributed by atoms with van der Waals surface area (Å²) in [5.41, 5.74) is -0.324. The third-order valence-corrected chi connectivity index (χ3v) is 1.59. The topological polar surface area (TPSA) is 23.8 Å². The van der Waals surface area contributed by atoms with E-state index in [9.17, 15) is 8.78 Å². The molecule has 1 aromatic rings. The molecular weight excluding hydrogens is 180 g/mol. The van der Waals surface area contributed by atoms with Crippen LogP contribution in [0.15, 0.2) is 12.1 Å². The van der Waals surface area contributed by atoms with Gasteiger partial charge in [-0.15, -0.1) is 0 Å². The van der Waals surface area contributed by atoms with Gasteiger partial charge < -0.3 is 0 Å². The minimum atomic E-state index is -0.755. The van der Waals surface area contributed by atoms with Crippen molar-refractivity contribution in [3.63, 3.8) is 0 Å². The monoisotopic (exact) mass is 183 g/mol. The Balaban J connectivity index is 3.38. The van der Waals surface area contributed by atoms with E-state index in [4.69, 9.17) is 5.26 Å². The van der Waals surface area contributed by atoms with Crippen LogP contribution in [-0.4, -0.2) is 5.37 Å². The third kappa shape index (κ3) is 1.46. The summed E-state index contributed by atoms with van der Waals surface area (Å²) in [6.07, 6.45) is 0. The van der Waals surface area contributed by atoms with Crippen LogP contribution in [0.4, 0.5) is 8.78 Å². The minimum absolute atomic E-state index is 0.0125. The number of hydrogen-bond donors (Lipinski definition) is 0. The second-order valence-corrected chi connectivity index (χ2v) is 2.32. The first-order chi connectivity index (χ1) is 5.69. The lowest BCUT2D eigenvalue weighted by Crippen LogP contribution is -1.92. The van der Waals surface area contributed by atoms with Gasteiger partial charge in [0.05, 0.1) is 5.56 Å². The van der Waals surface area contributed by atoms with Gasteiger partial charge in [-0.05, 0) is 12.1 Å². The molecule has 60 valence electrons. The van der Waals surface area contributed by atoms with Gasteiger partial charge in [0.2, 0.25) is 0 Å². The fourth-order valence-corrected chi connectivity index (χ4v) is 0.919. The summed E-state index contributed by atoms with van der Waals surface area (Å²) in [7, 11) is 0. The van der Waals surface area contributed by atoms with Crippen molar-refractivity contribution in [2.75, 3.05) is 0 Å². The zero-order valence-electron chi connectivity index (χ0n) is 5.84. The molecule has 0 saturated carbocycles. The molecule has 0 spiro atoms. The number of rotatable bonds is 1. The molecule has 0 aliphatic rings. The molecule has 4 heteroatoms. The van der Waals surface area contributed by atoms with Gasteiger partial charge in [-0.1, -0.05) is 12.2 Å². The molecule has 0 unspecified atom stereocenters. The van der Waals surface area contributed by atoms with Crippen molar-refractivity contribution < 1.29 is 8.78 Å². The predicted octanol–water partition coefficient (Wildman–Crippen LogP) is 2.18. The molecule has 0 fully saturated rings. The van der Waals surface area contributed by atoms with Crippen LogP contribution < -0.4 is 0 Å². The second kappa shape index (κ2) is 3.37. The molecular formula is C8H3F2NS. The Hall–Kier alpha value is -1.34. The summed E-state index contributed by atoms with van der Waals surface area (Å²) < 4.78 is 25.6. The Morgan fingerprint density at radius 3 is 2.50 bits per heavy atom. The molecule has 12 heavy (non-hydrogen) atoms. The molecule has 0 amide bonds. The Morgan fingerprint density at radius 1 is 1.33 bits per heavy atom. The fourth-order valence-electron chi connectivity index (χ4n) is 0.738. The summed E-state index contributed by atoms with van der Waals surface area (Å²) in [4.78, 5) is 0. The summed E-state index contributed by atoms with van der Waals surface area (Å²) in [6, 6.07) is 3.25. The highest BCUT2D eigenvalue weighted by Gasteiger charge is 2.06. The van der Waals surface area contributed by atoms with E-state index in [-0.39, 0.29) is 11.1 Å². The second-order valence-electron chi connectivity index (χ2n) is 2.08. The Morgan fingerprint density at radius 2 is 2.00 bits per heavy atom. The van der Waals surface area contributed by atoms with Crippen molar-refractivity contribution in [2.45, 2.75) is 0 Å². The maximum atomic E-state index is 12.8. The molecule has 0 saturated heterocycles. The zero-order valence-corrected chi connectivity index (χ0v) is 6.66. The third-order valence-electron chi connectivity index (χ3n) is 1.33. The molecule has 0 aliphatic carbocycles. The first kappa shape index (κ1) is 8.75. The largest absolute Gasteiger partial charge is 0.206 e. The van der Waals surface area contributed by atoms with Crippen molar-refractivity contribution in [3.8, 4) is 6.07 Å². The van der Waals surface area contributed by atoms with Gasteiger partial charge in [-0.2, -0.15) is 5.26 Å². The van der Waals surface area contributed by atoms with Gasteiger partial charge in [-0.3, -0.25) is 0 Å². The maximum absolute atomic E-state index is 12.8.